The first-order valence-electron chi connectivity index (χ1n) is 9.28. The summed E-state index contributed by atoms with van der Waals surface area (Å²) < 4.78 is 31.8. The molecule has 0 bridgehead atoms. The lowest BCUT2D eigenvalue weighted by molar-refractivity contribution is -0.308. The van der Waals surface area contributed by atoms with Gasteiger partial charge in [-0.1, -0.05) is 0 Å². The molecule has 0 radical (unpaired) electrons. The number of hydrogen-bond donors (Lipinski definition) is 2. The molecule has 0 unspecified atom stereocenters. The Balaban J connectivity index is 3.28. The van der Waals surface area contributed by atoms with Gasteiger partial charge in [0.25, 0.3) is 0 Å². The Morgan fingerprint density at radius 3 is 1.84 bits per heavy atom. The van der Waals surface area contributed by atoms with Crippen molar-refractivity contribution in [3.8, 4) is 0 Å². The van der Waals surface area contributed by atoms with E-state index in [4.69, 9.17) is 28.4 Å². The summed E-state index contributed by atoms with van der Waals surface area (Å²) in [5.41, 5.74) is 0. The predicted molar refractivity (Wildman–Crippen MR) is 98.4 cm³/mol. The van der Waals surface area contributed by atoms with Crippen molar-refractivity contribution in [2.24, 2.45) is 0 Å². The third kappa shape index (κ3) is 8.47. The van der Waals surface area contributed by atoms with Gasteiger partial charge in [0.05, 0.1) is 6.61 Å². The van der Waals surface area contributed by atoms with E-state index in [2.05, 4.69) is 5.32 Å². The molecule has 1 aliphatic heterocycles. The first-order valence-corrected chi connectivity index (χ1v) is 9.28. The number of ether oxygens (including phenoxy) is 6. The molecule has 176 valence electrons. The normalized spacial score (nSPS) is 26.3. The van der Waals surface area contributed by atoms with E-state index in [0.29, 0.717) is 0 Å². The van der Waals surface area contributed by atoms with Gasteiger partial charge in [-0.3, -0.25) is 24.0 Å². The Morgan fingerprint density at radius 1 is 0.871 bits per heavy atom. The van der Waals surface area contributed by atoms with Crippen molar-refractivity contribution in [3.05, 3.63) is 0 Å². The van der Waals surface area contributed by atoms with Crippen LogP contribution in [-0.4, -0.2) is 92.0 Å². The maximum atomic E-state index is 11.7. The zero-order valence-electron chi connectivity index (χ0n) is 17.8. The molecule has 0 aliphatic carbocycles. The van der Waals surface area contributed by atoms with Gasteiger partial charge in [-0.25, -0.2) is 0 Å². The highest BCUT2D eigenvalue weighted by Crippen LogP contribution is 2.30. The predicted octanol–water partition coefficient (Wildman–Crippen LogP) is -1.24. The lowest BCUT2D eigenvalue weighted by Gasteiger charge is -2.44. The van der Waals surface area contributed by atoms with Gasteiger partial charge in [0.1, 0.15) is 18.8 Å². The van der Waals surface area contributed by atoms with Gasteiger partial charge in [-0.2, -0.15) is 0 Å². The van der Waals surface area contributed by atoms with E-state index in [9.17, 15) is 29.1 Å². The van der Waals surface area contributed by atoms with Crippen LogP contribution in [0.5, 0.6) is 0 Å². The van der Waals surface area contributed by atoms with Gasteiger partial charge in [0, 0.05) is 27.7 Å². The van der Waals surface area contributed by atoms with Crippen molar-refractivity contribution in [2.45, 2.75) is 64.4 Å². The van der Waals surface area contributed by atoms with Crippen LogP contribution in [0, 0.1) is 0 Å². The largest absolute Gasteiger partial charge is 0.480 e. The highest BCUT2D eigenvalue weighted by molar-refractivity contribution is 5.73. The number of aliphatic carboxylic acids is 1. The van der Waals surface area contributed by atoms with Crippen LogP contribution >= 0.6 is 0 Å². The lowest BCUT2D eigenvalue weighted by atomic mass is 9.98. The zero-order valence-corrected chi connectivity index (χ0v) is 17.8. The number of carboxylic acid groups (broad SMARTS) is 1. The Morgan fingerprint density at radius 2 is 1.39 bits per heavy atom. The van der Waals surface area contributed by atoms with Crippen molar-refractivity contribution in [2.75, 3.05) is 20.3 Å². The van der Waals surface area contributed by atoms with Crippen LogP contribution < -0.4 is 5.32 Å². The number of esters is 4. The van der Waals surface area contributed by atoms with Crippen molar-refractivity contribution in [3.63, 3.8) is 0 Å². The maximum absolute atomic E-state index is 11.7. The Kier molecular flexibility index (Phi) is 10.3. The molecule has 0 spiro atoms. The van der Waals surface area contributed by atoms with Gasteiger partial charge in [0.2, 0.25) is 0 Å². The van der Waals surface area contributed by atoms with Gasteiger partial charge in [0.15, 0.2) is 24.6 Å². The third-order valence-corrected chi connectivity index (χ3v) is 4.02. The molecule has 1 saturated heterocycles. The fourth-order valence-electron chi connectivity index (χ4n) is 2.79. The fraction of sp³-hybridized carbons (Fsp3) is 0.722. The summed E-state index contributed by atoms with van der Waals surface area (Å²) in [6.07, 6.45) is -6.72. The van der Waals surface area contributed by atoms with E-state index in [-0.39, 0.29) is 0 Å². The van der Waals surface area contributed by atoms with Crippen molar-refractivity contribution in [1.29, 1.82) is 0 Å². The highest BCUT2D eigenvalue weighted by atomic mass is 16.7. The second-order valence-electron chi connectivity index (χ2n) is 6.58. The molecule has 0 amide bonds. The maximum Gasteiger partial charge on any atom is 0.323 e. The minimum atomic E-state index is -1.43. The summed E-state index contributed by atoms with van der Waals surface area (Å²) in [6, 6.07) is -1.13. The van der Waals surface area contributed by atoms with Gasteiger partial charge < -0.3 is 38.8 Å². The van der Waals surface area contributed by atoms with Gasteiger partial charge >= 0.3 is 29.8 Å². The van der Waals surface area contributed by atoms with Crippen molar-refractivity contribution < 1.29 is 57.5 Å². The molecule has 6 atom stereocenters. The number of carbonyl (C=O) groups excluding carboxylic acids is 4. The minimum Gasteiger partial charge on any atom is -0.480 e. The topological polar surface area (TPSA) is 173 Å². The molecule has 0 saturated carbocycles. The van der Waals surface area contributed by atoms with Crippen LogP contribution in [0.3, 0.4) is 0 Å². The van der Waals surface area contributed by atoms with E-state index < -0.39 is 79.8 Å². The van der Waals surface area contributed by atoms with Crippen LogP contribution in [0.4, 0.5) is 0 Å². The number of likely N-dealkylation sites (N-methyl/N-ethyl adjacent to an activating group) is 1. The number of rotatable bonds is 10. The number of carbonyl (C=O) groups is 5. The first-order chi connectivity index (χ1) is 14.5. The van der Waals surface area contributed by atoms with E-state index in [1.807, 2.05) is 0 Å². The zero-order chi connectivity index (χ0) is 23.7. The molecule has 13 heteroatoms. The van der Waals surface area contributed by atoms with E-state index in [1.165, 1.54) is 7.05 Å². The summed E-state index contributed by atoms with van der Waals surface area (Å²) in [7, 11) is 1.40. The standard InChI is InChI=1S/C18H27NO12/c1-8(20)26-7-13-14(28-9(2)21)15(29-10(3)22)16(30-11(4)23)18(31-13)27-6-12(19-5)17(24)25/h12-16,18-19H,6-7H2,1-5H3,(H,24,25)/t12-,13+,14+,15-,16+,18+/m0/s1. The number of carboxylic acids is 1. The molecule has 1 aliphatic rings. The van der Waals surface area contributed by atoms with Crippen LogP contribution in [-0.2, 0) is 52.4 Å². The van der Waals surface area contributed by atoms with Gasteiger partial charge in [-0.05, 0) is 7.05 Å². The molecule has 0 aromatic heterocycles. The summed E-state index contributed by atoms with van der Waals surface area (Å²) in [6.45, 7) is 3.59. The van der Waals surface area contributed by atoms with Crippen molar-refractivity contribution in [1.82, 2.24) is 5.32 Å². The average Bonchev–Trinajstić information content (AvgIpc) is 2.63. The first kappa shape index (κ1) is 26.3. The van der Waals surface area contributed by atoms with Crippen LogP contribution in [0.25, 0.3) is 0 Å². The minimum absolute atomic E-state index is 0.411. The SMILES string of the molecule is CN[C@@H](CO[C@@H]1O[C@H](COC(C)=O)[C@@H](OC(C)=O)[C@H](OC(C)=O)[C@H]1OC(C)=O)C(=O)O. The van der Waals surface area contributed by atoms with Crippen LogP contribution in [0.1, 0.15) is 27.7 Å². The van der Waals surface area contributed by atoms with Crippen LogP contribution in [0.15, 0.2) is 0 Å². The second-order valence-corrected chi connectivity index (χ2v) is 6.58. The quantitative estimate of drug-likeness (QED) is 0.300. The monoisotopic (exact) mass is 449 g/mol. The Bertz CT molecular complexity index is 680. The fourth-order valence-corrected chi connectivity index (χ4v) is 2.79. The molecule has 1 heterocycles. The molecule has 1 rings (SSSR count). The number of nitrogens with one attached hydrogen (secondary N) is 1. The Hall–Kier alpha value is -2.77. The summed E-state index contributed by atoms with van der Waals surface area (Å²) in [5, 5.41) is 11.7. The summed E-state index contributed by atoms with van der Waals surface area (Å²) in [5.74, 6) is -4.21. The van der Waals surface area contributed by atoms with Crippen LogP contribution in [0.2, 0.25) is 0 Å². The molecule has 0 aromatic carbocycles. The summed E-state index contributed by atoms with van der Waals surface area (Å²) >= 11 is 0. The van der Waals surface area contributed by atoms with E-state index in [1.54, 1.807) is 0 Å². The molecule has 1 fully saturated rings. The highest BCUT2D eigenvalue weighted by Gasteiger charge is 2.52. The van der Waals surface area contributed by atoms with Gasteiger partial charge in [-0.15, -0.1) is 0 Å². The lowest BCUT2D eigenvalue weighted by Crippen LogP contribution is -2.63. The molecule has 0 aromatic rings. The summed E-state index contributed by atoms with van der Waals surface area (Å²) in [4.78, 5) is 57.5. The molecule has 2 N–H and O–H groups in total. The van der Waals surface area contributed by atoms with Crippen molar-refractivity contribution >= 4 is 29.8 Å². The molecular weight excluding hydrogens is 422 g/mol. The molecular formula is C18H27NO12. The molecule has 31 heavy (non-hydrogen) atoms. The number of hydrogen-bond acceptors (Lipinski definition) is 12. The molecule has 13 nitrogen and oxygen atoms in total. The smallest absolute Gasteiger partial charge is 0.323 e. The van der Waals surface area contributed by atoms with E-state index >= 15 is 0 Å². The third-order valence-electron chi connectivity index (χ3n) is 4.02. The average molecular weight is 449 g/mol. The Labute approximate surface area is 178 Å². The van der Waals surface area contributed by atoms with E-state index in [0.717, 1.165) is 27.7 Å². The second kappa shape index (κ2) is 12.2.